The van der Waals surface area contributed by atoms with Gasteiger partial charge in [-0.25, -0.2) is 0 Å². The topological polar surface area (TPSA) is 96.8 Å². The van der Waals surface area contributed by atoms with Gasteiger partial charge in [-0.3, -0.25) is 0 Å². The molecular formula is C30H46N2O3. The first-order chi connectivity index (χ1) is 16.5. The van der Waals surface area contributed by atoms with E-state index in [0.29, 0.717) is 23.7 Å². The monoisotopic (exact) mass is 482 g/mol. The minimum Gasteiger partial charge on any atom is -0.411 e. The molecule has 10 atom stereocenters. The fraction of sp³-hybridized carbons (Fsp3) is 0.867. The number of oxime groups is 1. The number of nitrogens with zero attached hydrogens (tertiary/aromatic N) is 2. The Morgan fingerprint density at radius 2 is 1.71 bits per heavy atom. The van der Waals surface area contributed by atoms with Crippen LogP contribution in [0.25, 0.3) is 0 Å². The van der Waals surface area contributed by atoms with E-state index in [0.717, 1.165) is 75.5 Å². The molecule has 5 rings (SSSR count). The van der Waals surface area contributed by atoms with Crippen molar-refractivity contribution < 1.29 is 15.4 Å². The van der Waals surface area contributed by atoms with Crippen molar-refractivity contribution in [1.82, 2.24) is 0 Å². The lowest BCUT2D eigenvalue weighted by molar-refractivity contribution is -0.226. The molecule has 35 heavy (non-hydrogen) atoms. The lowest BCUT2D eigenvalue weighted by Crippen LogP contribution is -2.66. The van der Waals surface area contributed by atoms with Crippen molar-refractivity contribution in [3.63, 3.8) is 0 Å². The third kappa shape index (κ3) is 2.96. The Kier molecular flexibility index (Phi) is 5.82. The molecule has 0 aliphatic heterocycles. The van der Waals surface area contributed by atoms with E-state index in [1.54, 1.807) is 0 Å². The fourth-order valence-corrected chi connectivity index (χ4v) is 11.4. The van der Waals surface area contributed by atoms with Gasteiger partial charge in [0.25, 0.3) is 0 Å². The van der Waals surface area contributed by atoms with Crippen LogP contribution in [0.1, 0.15) is 91.9 Å². The van der Waals surface area contributed by atoms with Crippen molar-refractivity contribution in [2.45, 2.75) is 91.9 Å². The molecule has 5 aliphatic carbocycles. The first-order valence-corrected chi connectivity index (χ1v) is 14.0. The highest BCUT2D eigenvalue weighted by Gasteiger charge is 2.71. The normalized spacial score (nSPS) is 54.2. The van der Waals surface area contributed by atoms with Gasteiger partial charge in [-0.05, 0) is 116 Å². The van der Waals surface area contributed by atoms with Crippen molar-refractivity contribution in [3.05, 3.63) is 12.2 Å². The van der Waals surface area contributed by atoms with E-state index < -0.39 is 5.41 Å². The van der Waals surface area contributed by atoms with Gasteiger partial charge >= 0.3 is 0 Å². The van der Waals surface area contributed by atoms with E-state index in [2.05, 4.69) is 45.5 Å². The second-order valence-electron chi connectivity index (χ2n) is 14.0. The molecule has 0 aromatic rings. The predicted molar refractivity (Wildman–Crippen MR) is 137 cm³/mol. The SMILES string of the molecule is C=C(CO)[C@@H]1CC[C@]2(C#N)CC[C@]3(C)[C@H](CC[C@@H]4[C@@]5(C)CC/C(=N/O)C(C)(CO)[C@@H]5CC[C@]43C)[C@@H]12. The summed E-state index contributed by atoms with van der Waals surface area (Å²) in [6, 6.07) is 2.82. The zero-order chi connectivity index (χ0) is 25.4. The van der Waals surface area contributed by atoms with Crippen molar-refractivity contribution in [2.24, 2.45) is 61.8 Å². The van der Waals surface area contributed by atoms with Crippen molar-refractivity contribution in [3.8, 4) is 6.07 Å². The Hall–Kier alpha value is -1.38. The first-order valence-electron chi connectivity index (χ1n) is 14.0. The van der Waals surface area contributed by atoms with Gasteiger partial charge in [0, 0.05) is 5.41 Å². The Bertz CT molecular complexity index is 971. The Morgan fingerprint density at radius 1 is 0.971 bits per heavy atom. The average molecular weight is 483 g/mol. The van der Waals surface area contributed by atoms with Gasteiger partial charge in [0.15, 0.2) is 0 Å². The van der Waals surface area contributed by atoms with Crippen molar-refractivity contribution in [2.75, 3.05) is 13.2 Å². The van der Waals surface area contributed by atoms with Gasteiger partial charge in [0.2, 0.25) is 0 Å². The van der Waals surface area contributed by atoms with Crippen LogP contribution in [0.2, 0.25) is 0 Å². The lowest BCUT2D eigenvalue weighted by Gasteiger charge is -2.72. The van der Waals surface area contributed by atoms with Crippen molar-refractivity contribution >= 4 is 5.71 Å². The van der Waals surface area contributed by atoms with Gasteiger partial charge < -0.3 is 15.4 Å². The van der Waals surface area contributed by atoms with E-state index >= 15 is 0 Å². The Labute approximate surface area is 211 Å². The van der Waals surface area contributed by atoms with Crippen LogP contribution >= 0.6 is 0 Å². The number of hydrogen-bond acceptors (Lipinski definition) is 5. The maximum atomic E-state index is 10.5. The first kappa shape index (κ1) is 25.3. The third-order valence-corrected chi connectivity index (χ3v) is 13.4. The van der Waals surface area contributed by atoms with E-state index in [1.807, 2.05) is 0 Å². The minimum atomic E-state index is -0.460. The molecule has 0 saturated heterocycles. The molecule has 5 saturated carbocycles. The summed E-state index contributed by atoms with van der Waals surface area (Å²) in [6.07, 6.45) is 10.2. The van der Waals surface area contributed by atoms with Gasteiger partial charge in [-0.1, -0.05) is 39.4 Å². The highest BCUT2D eigenvalue weighted by molar-refractivity contribution is 5.91. The highest BCUT2D eigenvalue weighted by Crippen LogP contribution is 2.77. The molecule has 0 amide bonds. The molecule has 5 nitrogen and oxygen atoms in total. The molecule has 5 heteroatoms. The molecule has 0 aromatic carbocycles. The maximum absolute atomic E-state index is 10.5. The average Bonchev–Trinajstić information content (AvgIpc) is 3.24. The number of nitriles is 1. The maximum Gasteiger partial charge on any atom is 0.0693 e. The predicted octanol–water partition coefficient (Wildman–Crippen LogP) is 5.94. The number of aliphatic hydroxyl groups excluding tert-OH is 2. The highest BCUT2D eigenvalue weighted by atomic mass is 16.4. The number of rotatable bonds is 3. The summed E-state index contributed by atoms with van der Waals surface area (Å²) in [5.41, 5.74) is 1.40. The third-order valence-electron chi connectivity index (χ3n) is 13.4. The van der Waals surface area contributed by atoms with E-state index in [4.69, 9.17) is 0 Å². The zero-order valence-corrected chi connectivity index (χ0v) is 22.3. The fourth-order valence-electron chi connectivity index (χ4n) is 11.4. The molecule has 3 N–H and O–H groups in total. The Morgan fingerprint density at radius 3 is 2.34 bits per heavy atom. The molecule has 1 unspecified atom stereocenters. The van der Waals surface area contributed by atoms with Crippen LogP contribution in [0.5, 0.6) is 0 Å². The van der Waals surface area contributed by atoms with Crippen LogP contribution in [0.3, 0.4) is 0 Å². The van der Waals surface area contributed by atoms with E-state index in [9.17, 15) is 20.7 Å². The summed E-state index contributed by atoms with van der Waals surface area (Å²) in [5, 5.41) is 44.4. The van der Waals surface area contributed by atoms with Crippen LogP contribution in [0.4, 0.5) is 0 Å². The van der Waals surface area contributed by atoms with Crippen LogP contribution in [0.15, 0.2) is 17.3 Å². The summed E-state index contributed by atoms with van der Waals surface area (Å²) < 4.78 is 0. The second kappa shape index (κ2) is 8.06. The van der Waals surface area contributed by atoms with Crippen LogP contribution in [-0.2, 0) is 0 Å². The summed E-state index contributed by atoms with van der Waals surface area (Å²) in [6.45, 7) is 14.0. The summed E-state index contributed by atoms with van der Waals surface area (Å²) in [7, 11) is 0. The number of aliphatic hydroxyl groups is 2. The van der Waals surface area contributed by atoms with Crippen LogP contribution < -0.4 is 0 Å². The number of hydrogen-bond donors (Lipinski definition) is 3. The summed E-state index contributed by atoms with van der Waals surface area (Å²) in [5.74, 6) is 1.91. The van der Waals surface area contributed by atoms with E-state index in [-0.39, 0.29) is 40.8 Å². The molecule has 0 heterocycles. The molecular weight excluding hydrogens is 436 g/mol. The van der Waals surface area contributed by atoms with Crippen LogP contribution in [-0.4, -0.2) is 34.3 Å². The van der Waals surface area contributed by atoms with Gasteiger partial charge in [0.1, 0.15) is 0 Å². The van der Waals surface area contributed by atoms with Crippen molar-refractivity contribution in [1.29, 1.82) is 5.26 Å². The molecule has 5 fully saturated rings. The summed E-state index contributed by atoms with van der Waals surface area (Å²) in [4.78, 5) is 0. The Balaban J connectivity index is 1.55. The standard InChI is InChI=1S/C30H46N2O3/c1-19(16-33)20-8-13-30(17-31)15-14-28(4)21(25(20)30)6-7-23-26(2)11-10-24(32-35)27(3,18-34)22(26)9-12-29(23,28)5/h20-23,25,33-35H,1,6-16,18H2,2-5H3/b32-24-/t20-,21+,22+,23+,25+,26-,27?,28+,29+,30+/m0/s1. The van der Waals surface area contributed by atoms with Crippen LogP contribution in [0, 0.1) is 68.0 Å². The second-order valence-corrected chi connectivity index (χ2v) is 14.0. The molecule has 0 bridgehead atoms. The smallest absolute Gasteiger partial charge is 0.0693 e. The molecule has 0 aromatic heterocycles. The minimum absolute atomic E-state index is 0.0280. The van der Waals surface area contributed by atoms with Gasteiger partial charge in [-0.15, -0.1) is 0 Å². The molecule has 5 aliphatic rings. The quantitative estimate of drug-likeness (QED) is 0.263. The molecule has 194 valence electrons. The van der Waals surface area contributed by atoms with E-state index in [1.165, 1.54) is 0 Å². The summed E-state index contributed by atoms with van der Waals surface area (Å²) >= 11 is 0. The van der Waals surface area contributed by atoms with Gasteiger partial charge in [-0.2, -0.15) is 5.26 Å². The number of fused-ring (bicyclic) bond motifs is 7. The van der Waals surface area contributed by atoms with Gasteiger partial charge in [0.05, 0.1) is 30.4 Å². The largest absolute Gasteiger partial charge is 0.411 e. The lowest BCUT2D eigenvalue weighted by atomic mass is 9.32. The molecule has 0 radical (unpaired) electrons. The molecule has 0 spiro atoms. The zero-order valence-electron chi connectivity index (χ0n) is 22.3.